The van der Waals surface area contributed by atoms with Crippen molar-refractivity contribution >= 4 is 11.4 Å². The average molecular weight is 348 g/mol. The van der Waals surface area contributed by atoms with Crippen LogP contribution in [0.3, 0.4) is 0 Å². The number of ether oxygens (including phenoxy) is 2. The van der Waals surface area contributed by atoms with Crippen LogP contribution in [0.2, 0.25) is 0 Å². The van der Waals surface area contributed by atoms with Gasteiger partial charge in [0.05, 0.1) is 25.6 Å². The van der Waals surface area contributed by atoms with Gasteiger partial charge in [-0.3, -0.25) is 9.98 Å². The lowest BCUT2D eigenvalue weighted by Gasteiger charge is -2.27. The molecular formula is C22H24N2O2. The Morgan fingerprint density at radius 3 is 1.62 bits per heavy atom. The van der Waals surface area contributed by atoms with E-state index < -0.39 is 0 Å². The highest BCUT2D eigenvalue weighted by Gasteiger charge is 2.39. The second kappa shape index (κ2) is 6.94. The van der Waals surface area contributed by atoms with Crippen LogP contribution >= 0.6 is 0 Å². The SMILES string of the molecule is COc1ccccc1C1=NC2(CCCCC2)N=C1c1ccccc1OC. The first-order chi connectivity index (χ1) is 12.8. The monoisotopic (exact) mass is 348 g/mol. The van der Waals surface area contributed by atoms with Gasteiger partial charge >= 0.3 is 0 Å². The fourth-order valence-electron chi connectivity index (χ4n) is 3.94. The van der Waals surface area contributed by atoms with Gasteiger partial charge in [0.1, 0.15) is 11.5 Å². The molecule has 1 aliphatic heterocycles. The van der Waals surface area contributed by atoms with Gasteiger partial charge in [0.2, 0.25) is 0 Å². The summed E-state index contributed by atoms with van der Waals surface area (Å²) in [4.78, 5) is 10.3. The number of rotatable bonds is 4. The molecule has 1 spiro atoms. The number of aliphatic imine (C=N–C) groups is 2. The number of nitrogens with zero attached hydrogens (tertiary/aromatic N) is 2. The number of para-hydroxylation sites is 2. The lowest BCUT2D eigenvalue weighted by atomic mass is 9.90. The van der Waals surface area contributed by atoms with E-state index in [0.717, 1.165) is 46.9 Å². The predicted molar refractivity (Wildman–Crippen MR) is 105 cm³/mol. The summed E-state index contributed by atoms with van der Waals surface area (Å²) in [6.07, 6.45) is 5.62. The van der Waals surface area contributed by atoms with Crippen molar-refractivity contribution < 1.29 is 9.47 Å². The summed E-state index contributed by atoms with van der Waals surface area (Å²) in [5, 5.41) is 0. The van der Waals surface area contributed by atoms with Gasteiger partial charge in [0, 0.05) is 11.1 Å². The molecule has 26 heavy (non-hydrogen) atoms. The number of hydrogen-bond donors (Lipinski definition) is 0. The minimum Gasteiger partial charge on any atom is -0.496 e. The molecule has 134 valence electrons. The molecule has 4 nitrogen and oxygen atoms in total. The fraction of sp³-hybridized carbons (Fsp3) is 0.364. The molecule has 0 bridgehead atoms. The van der Waals surface area contributed by atoms with Crippen LogP contribution < -0.4 is 9.47 Å². The summed E-state index contributed by atoms with van der Waals surface area (Å²) >= 11 is 0. The van der Waals surface area contributed by atoms with E-state index in [9.17, 15) is 0 Å². The van der Waals surface area contributed by atoms with E-state index in [2.05, 4.69) is 12.1 Å². The Morgan fingerprint density at radius 2 is 1.15 bits per heavy atom. The first-order valence-corrected chi connectivity index (χ1v) is 9.23. The van der Waals surface area contributed by atoms with E-state index in [0.29, 0.717) is 0 Å². The summed E-state index contributed by atoms with van der Waals surface area (Å²) in [5.74, 6) is 1.64. The largest absolute Gasteiger partial charge is 0.496 e. The molecule has 4 rings (SSSR count). The topological polar surface area (TPSA) is 43.2 Å². The lowest BCUT2D eigenvalue weighted by Crippen LogP contribution is -2.25. The Bertz CT molecular complexity index is 798. The van der Waals surface area contributed by atoms with E-state index in [1.807, 2.05) is 36.4 Å². The maximum Gasteiger partial charge on any atom is 0.151 e. The molecule has 0 radical (unpaired) electrons. The molecule has 2 aromatic rings. The Hall–Kier alpha value is -2.62. The highest BCUT2D eigenvalue weighted by atomic mass is 16.5. The van der Waals surface area contributed by atoms with Gasteiger partial charge in [0.15, 0.2) is 5.66 Å². The standard InChI is InChI=1S/C22H24N2O2/c1-25-18-12-6-4-10-16(18)20-21(17-11-5-7-13-19(17)26-2)24-22(23-20)14-8-3-9-15-22/h4-7,10-13H,3,8-9,14-15H2,1-2H3. The Labute approximate surface area is 154 Å². The van der Waals surface area contributed by atoms with E-state index in [-0.39, 0.29) is 5.66 Å². The lowest BCUT2D eigenvalue weighted by molar-refractivity contribution is 0.316. The van der Waals surface area contributed by atoms with Crippen LogP contribution in [0.1, 0.15) is 43.2 Å². The maximum absolute atomic E-state index is 5.61. The first-order valence-electron chi connectivity index (χ1n) is 9.23. The first kappa shape index (κ1) is 16.8. The van der Waals surface area contributed by atoms with E-state index in [4.69, 9.17) is 19.5 Å². The minimum absolute atomic E-state index is 0.329. The molecule has 2 aromatic carbocycles. The molecule has 1 fully saturated rings. The third-order valence-electron chi connectivity index (χ3n) is 5.24. The summed E-state index contributed by atoms with van der Waals surface area (Å²) in [5.41, 5.74) is 3.47. The normalized spacial score (nSPS) is 18.4. The van der Waals surface area contributed by atoms with Gasteiger partial charge in [-0.25, -0.2) is 0 Å². The van der Waals surface area contributed by atoms with Crippen LogP contribution in [-0.4, -0.2) is 31.3 Å². The van der Waals surface area contributed by atoms with Crippen molar-refractivity contribution in [3.8, 4) is 11.5 Å². The molecule has 0 unspecified atom stereocenters. The molecule has 0 saturated heterocycles. The van der Waals surface area contributed by atoms with Crippen molar-refractivity contribution in [2.75, 3.05) is 14.2 Å². The smallest absolute Gasteiger partial charge is 0.151 e. The molecule has 4 heteroatoms. The van der Waals surface area contributed by atoms with Gasteiger partial charge in [-0.2, -0.15) is 0 Å². The van der Waals surface area contributed by atoms with Crippen LogP contribution in [0.15, 0.2) is 58.5 Å². The summed E-state index contributed by atoms with van der Waals surface area (Å²) in [7, 11) is 3.40. The fourth-order valence-corrected chi connectivity index (χ4v) is 3.94. The van der Waals surface area contributed by atoms with Crippen LogP contribution in [0.5, 0.6) is 11.5 Å². The Morgan fingerprint density at radius 1 is 0.692 bits per heavy atom. The molecule has 0 aromatic heterocycles. The van der Waals surface area contributed by atoms with Crippen molar-refractivity contribution in [1.29, 1.82) is 0 Å². The molecule has 1 heterocycles. The second-order valence-corrected chi connectivity index (χ2v) is 6.86. The van der Waals surface area contributed by atoms with Gasteiger partial charge in [-0.1, -0.05) is 30.7 Å². The average Bonchev–Trinajstić information content (AvgIpc) is 3.06. The highest BCUT2D eigenvalue weighted by Crippen LogP contribution is 2.40. The zero-order valence-electron chi connectivity index (χ0n) is 15.4. The zero-order valence-corrected chi connectivity index (χ0v) is 15.4. The Kier molecular flexibility index (Phi) is 4.49. The van der Waals surface area contributed by atoms with Crippen molar-refractivity contribution in [2.45, 2.75) is 37.8 Å². The van der Waals surface area contributed by atoms with Crippen molar-refractivity contribution in [1.82, 2.24) is 0 Å². The molecule has 2 aliphatic rings. The van der Waals surface area contributed by atoms with Crippen molar-refractivity contribution in [2.24, 2.45) is 9.98 Å². The van der Waals surface area contributed by atoms with Crippen LogP contribution in [-0.2, 0) is 0 Å². The van der Waals surface area contributed by atoms with E-state index in [1.165, 1.54) is 19.3 Å². The van der Waals surface area contributed by atoms with Crippen LogP contribution in [0, 0.1) is 0 Å². The van der Waals surface area contributed by atoms with Gasteiger partial charge in [-0.15, -0.1) is 0 Å². The summed E-state index contributed by atoms with van der Waals surface area (Å²) in [6, 6.07) is 16.1. The third-order valence-corrected chi connectivity index (χ3v) is 5.24. The Balaban J connectivity index is 1.89. The summed E-state index contributed by atoms with van der Waals surface area (Å²) < 4.78 is 11.2. The van der Waals surface area contributed by atoms with E-state index in [1.54, 1.807) is 14.2 Å². The van der Waals surface area contributed by atoms with Crippen molar-refractivity contribution in [3.05, 3.63) is 59.7 Å². The molecular weight excluding hydrogens is 324 g/mol. The predicted octanol–water partition coefficient (Wildman–Crippen LogP) is 4.66. The maximum atomic E-state index is 5.61. The quantitative estimate of drug-likeness (QED) is 0.807. The molecule has 0 amide bonds. The molecule has 1 saturated carbocycles. The number of methoxy groups -OCH3 is 2. The molecule has 0 N–H and O–H groups in total. The van der Waals surface area contributed by atoms with E-state index >= 15 is 0 Å². The van der Waals surface area contributed by atoms with Gasteiger partial charge in [-0.05, 0) is 49.9 Å². The van der Waals surface area contributed by atoms with Gasteiger partial charge < -0.3 is 9.47 Å². The third kappa shape index (κ3) is 2.90. The molecule has 1 aliphatic carbocycles. The second-order valence-electron chi connectivity index (χ2n) is 6.86. The van der Waals surface area contributed by atoms with Crippen molar-refractivity contribution in [3.63, 3.8) is 0 Å². The number of hydrogen-bond acceptors (Lipinski definition) is 4. The zero-order chi connectivity index (χ0) is 18.0. The van der Waals surface area contributed by atoms with Crippen LogP contribution in [0.25, 0.3) is 0 Å². The minimum atomic E-state index is -0.329. The summed E-state index contributed by atoms with van der Waals surface area (Å²) in [6.45, 7) is 0. The van der Waals surface area contributed by atoms with Gasteiger partial charge in [0.25, 0.3) is 0 Å². The molecule has 0 atom stereocenters. The highest BCUT2D eigenvalue weighted by molar-refractivity contribution is 6.55. The van der Waals surface area contributed by atoms with Crippen LogP contribution in [0.4, 0.5) is 0 Å². The number of benzene rings is 2.